The number of hydrogen-bond acceptors (Lipinski definition) is 6. The van der Waals surface area contributed by atoms with Gasteiger partial charge in [0.15, 0.2) is 11.4 Å². The summed E-state index contributed by atoms with van der Waals surface area (Å²) >= 11 is 0. The van der Waals surface area contributed by atoms with E-state index in [-0.39, 0.29) is 23.3 Å². The Morgan fingerprint density at radius 3 is 2.62 bits per heavy atom. The molecule has 4 aromatic rings. The molecule has 0 aliphatic carbocycles. The number of hydrogen-bond donors (Lipinski definition) is 0. The zero-order valence-corrected chi connectivity index (χ0v) is 15.2. The molecule has 144 valence electrons. The molecule has 0 saturated heterocycles. The number of fused-ring (bicyclic) bond motifs is 1. The van der Waals surface area contributed by atoms with Crippen LogP contribution in [-0.2, 0) is 13.1 Å². The van der Waals surface area contributed by atoms with E-state index in [4.69, 9.17) is 4.52 Å². The molecule has 0 fully saturated rings. The lowest BCUT2D eigenvalue weighted by Crippen LogP contribution is -2.40. The molecule has 9 heteroatoms. The first-order chi connectivity index (χ1) is 14.2. The summed E-state index contributed by atoms with van der Waals surface area (Å²) in [4.78, 5) is 19.1. The number of carbonyl (C=O) groups is 1. The van der Waals surface area contributed by atoms with Crippen molar-refractivity contribution in [3.63, 3.8) is 0 Å². The number of rotatable bonds is 4. The molecule has 1 aliphatic rings. The third-order valence-electron chi connectivity index (χ3n) is 4.75. The topological polar surface area (TPSA) is 89.9 Å². The maximum absolute atomic E-state index is 13.1. The highest BCUT2D eigenvalue weighted by Crippen LogP contribution is 2.26. The van der Waals surface area contributed by atoms with Gasteiger partial charge in [0.05, 0.1) is 6.54 Å². The fraction of sp³-hybridized carbons (Fsp3) is 0.150. The molecule has 0 bridgehead atoms. The van der Waals surface area contributed by atoms with Crippen molar-refractivity contribution in [3.05, 3.63) is 71.7 Å². The van der Waals surface area contributed by atoms with Crippen molar-refractivity contribution in [2.45, 2.75) is 13.1 Å². The van der Waals surface area contributed by atoms with Crippen molar-refractivity contribution < 1.29 is 13.7 Å². The fourth-order valence-electron chi connectivity index (χ4n) is 3.28. The molecular formula is C20H15FN6O2. The Hall–Kier alpha value is -3.88. The van der Waals surface area contributed by atoms with Crippen LogP contribution in [0.15, 0.2) is 59.1 Å². The summed E-state index contributed by atoms with van der Waals surface area (Å²) in [5.74, 6) is 0.00444. The first-order valence-corrected chi connectivity index (χ1v) is 9.06. The van der Waals surface area contributed by atoms with E-state index in [0.29, 0.717) is 31.2 Å². The molecule has 8 nitrogen and oxygen atoms in total. The first-order valence-electron chi connectivity index (χ1n) is 9.06. The van der Waals surface area contributed by atoms with Gasteiger partial charge in [0, 0.05) is 18.7 Å². The van der Waals surface area contributed by atoms with Gasteiger partial charge < -0.3 is 9.42 Å². The van der Waals surface area contributed by atoms with Crippen molar-refractivity contribution in [3.8, 4) is 23.0 Å². The van der Waals surface area contributed by atoms with Gasteiger partial charge in [-0.15, -0.1) is 5.10 Å². The van der Waals surface area contributed by atoms with Gasteiger partial charge in [0.1, 0.15) is 5.82 Å². The quantitative estimate of drug-likeness (QED) is 0.532. The highest BCUT2D eigenvalue weighted by atomic mass is 19.1. The van der Waals surface area contributed by atoms with Gasteiger partial charge in [-0.1, -0.05) is 52.8 Å². The van der Waals surface area contributed by atoms with Crippen molar-refractivity contribution >= 4 is 5.91 Å². The average Bonchev–Trinajstić information content (AvgIpc) is 3.40. The van der Waals surface area contributed by atoms with Crippen molar-refractivity contribution in [2.75, 3.05) is 6.54 Å². The summed E-state index contributed by atoms with van der Waals surface area (Å²) in [7, 11) is 0. The predicted octanol–water partition coefficient (Wildman–Crippen LogP) is 2.79. The van der Waals surface area contributed by atoms with E-state index in [1.807, 2.05) is 30.3 Å². The molecule has 5 rings (SSSR count). The first kappa shape index (κ1) is 17.2. The van der Waals surface area contributed by atoms with E-state index in [9.17, 15) is 9.18 Å². The molecule has 2 aromatic carbocycles. The van der Waals surface area contributed by atoms with Gasteiger partial charge in [-0.05, 0) is 17.7 Å². The van der Waals surface area contributed by atoms with Gasteiger partial charge in [-0.25, -0.2) is 9.07 Å². The minimum Gasteiger partial charge on any atom is -0.332 e. The Balaban J connectivity index is 1.44. The van der Waals surface area contributed by atoms with Crippen molar-refractivity contribution in [1.29, 1.82) is 0 Å². The Bertz CT molecular complexity index is 1170. The summed E-state index contributed by atoms with van der Waals surface area (Å²) < 4.78 is 20.0. The van der Waals surface area contributed by atoms with E-state index >= 15 is 0 Å². The van der Waals surface area contributed by atoms with E-state index in [0.717, 1.165) is 11.1 Å². The van der Waals surface area contributed by atoms with E-state index < -0.39 is 0 Å². The highest BCUT2D eigenvalue weighted by molar-refractivity contribution is 5.98. The van der Waals surface area contributed by atoms with E-state index in [1.165, 1.54) is 12.1 Å². The molecule has 1 amide bonds. The maximum atomic E-state index is 13.1. The molecular weight excluding hydrogens is 375 g/mol. The zero-order valence-electron chi connectivity index (χ0n) is 15.2. The number of halogens is 1. The average molecular weight is 390 g/mol. The van der Waals surface area contributed by atoms with Gasteiger partial charge in [0.25, 0.3) is 11.8 Å². The van der Waals surface area contributed by atoms with Gasteiger partial charge in [-0.3, -0.25) is 4.79 Å². The van der Waals surface area contributed by atoms with Crippen molar-refractivity contribution in [1.82, 2.24) is 30.0 Å². The summed E-state index contributed by atoms with van der Waals surface area (Å²) in [6.07, 6.45) is 0. The number of benzene rings is 2. The van der Waals surface area contributed by atoms with Crippen LogP contribution in [0.5, 0.6) is 0 Å². The lowest BCUT2D eigenvalue weighted by Gasteiger charge is -2.27. The SMILES string of the molecule is O=C1c2c(-c3nc(-c4ccccc4)no3)nnn2CCN1Cc1ccc(F)cc1. The van der Waals surface area contributed by atoms with Crippen LogP contribution < -0.4 is 0 Å². The van der Waals surface area contributed by atoms with Crippen LogP contribution >= 0.6 is 0 Å². The molecule has 0 saturated carbocycles. The third-order valence-corrected chi connectivity index (χ3v) is 4.75. The molecule has 29 heavy (non-hydrogen) atoms. The molecule has 1 aliphatic heterocycles. The van der Waals surface area contributed by atoms with Crippen LogP contribution in [0.25, 0.3) is 23.0 Å². The van der Waals surface area contributed by atoms with E-state index in [2.05, 4.69) is 20.5 Å². The molecule has 0 atom stereocenters. The maximum Gasteiger partial charge on any atom is 0.281 e. The molecule has 0 N–H and O–H groups in total. The Kier molecular flexibility index (Phi) is 4.12. The van der Waals surface area contributed by atoms with Gasteiger partial charge in [0.2, 0.25) is 5.82 Å². The second kappa shape index (κ2) is 6.93. The molecule has 2 aromatic heterocycles. The number of carbonyl (C=O) groups excluding carboxylic acids is 1. The molecule has 0 radical (unpaired) electrons. The van der Waals surface area contributed by atoms with Gasteiger partial charge in [-0.2, -0.15) is 4.98 Å². The standard InChI is InChI=1S/C20H15FN6O2/c21-15-8-6-13(7-9-15)12-26-10-11-27-17(20(26)28)16(23-25-27)19-22-18(24-29-19)14-4-2-1-3-5-14/h1-9H,10-12H2. The zero-order chi connectivity index (χ0) is 19.8. The van der Waals surface area contributed by atoms with Crippen molar-refractivity contribution in [2.24, 2.45) is 0 Å². The smallest absolute Gasteiger partial charge is 0.281 e. The lowest BCUT2D eigenvalue weighted by molar-refractivity contribution is 0.0684. The summed E-state index contributed by atoms with van der Waals surface area (Å²) in [5, 5.41) is 12.1. The van der Waals surface area contributed by atoms with Crippen LogP contribution in [0.2, 0.25) is 0 Å². The Morgan fingerprint density at radius 2 is 1.83 bits per heavy atom. The second-order valence-corrected chi connectivity index (χ2v) is 6.65. The molecule has 0 spiro atoms. The fourth-order valence-corrected chi connectivity index (χ4v) is 3.28. The summed E-state index contributed by atoms with van der Waals surface area (Å²) in [5.41, 5.74) is 2.20. The Labute approximate surface area is 164 Å². The van der Waals surface area contributed by atoms with Crippen LogP contribution in [0.4, 0.5) is 4.39 Å². The predicted molar refractivity (Wildman–Crippen MR) is 99.9 cm³/mol. The highest BCUT2D eigenvalue weighted by Gasteiger charge is 2.32. The number of amides is 1. The minimum absolute atomic E-state index is 0.141. The monoisotopic (exact) mass is 390 g/mol. The van der Waals surface area contributed by atoms with Crippen LogP contribution in [-0.4, -0.2) is 42.5 Å². The second-order valence-electron chi connectivity index (χ2n) is 6.65. The normalized spacial score (nSPS) is 13.6. The number of aromatic nitrogens is 5. The number of nitrogens with zero attached hydrogens (tertiary/aromatic N) is 6. The van der Waals surface area contributed by atoms with E-state index in [1.54, 1.807) is 21.7 Å². The largest absolute Gasteiger partial charge is 0.332 e. The van der Waals surface area contributed by atoms with Crippen LogP contribution in [0.1, 0.15) is 16.1 Å². The third kappa shape index (κ3) is 3.16. The summed E-state index contributed by atoms with van der Waals surface area (Å²) in [6.45, 7) is 1.34. The summed E-state index contributed by atoms with van der Waals surface area (Å²) in [6, 6.07) is 15.5. The lowest BCUT2D eigenvalue weighted by atomic mass is 10.1. The van der Waals surface area contributed by atoms with Crippen LogP contribution in [0, 0.1) is 5.82 Å². The Morgan fingerprint density at radius 1 is 1.03 bits per heavy atom. The molecule has 0 unspecified atom stereocenters. The minimum atomic E-state index is -0.311. The van der Waals surface area contributed by atoms with Gasteiger partial charge >= 0.3 is 0 Å². The van der Waals surface area contributed by atoms with Crippen LogP contribution in [0.3, 0.4) is 0 Å². The molecule has 3 heterocycles.